The third-order valence-corrected chi connectivity index (χ3v) is 5.91. The largest absolute Gasteiger partial charge is 0.339 e. The van der Waals surface area contributed by atoms with Gasteiger partial charge in [-0.05, 0) is 31.9 Å². The summed E-state index contributed by atoms with van der Waals surface area (Å²) in [6.45, 7) is 2.78. The number of amides is 1. The van der Waals surface area contributed by atoms with Gasteiger partial charge in [0.05, 0.1) is 5.75 Å². The third kappa shape index (κ3) is 4.32. The maximum atomic E-state index is 12.7. The van der Waals surface area contributed by atoms with E-state index in [0.717, 1.165) is 24.9 Å². The first-order valence-electron chi connectivity index (χ1n) is 8.99. The highest BCUT2D eigenvalue weighted by Crippen LogP contribution is 2.26. The highest BCUT2D eigenvalue weighted by molar-refractivity contribution is 7.99. The number of aromatic nitrogens is 3. The van der Waals surface area contributed by atoms with Crippen molar-refractivity contribution >= 4 is 29.3 Å². The molecular weight excluding hydrogens is 370 g/mol. The number of nitrogens with zero attached hydrogens (tertiary/aromatic N) is 4. The van der Waals surface area contributed by atoms with Gasteiger partial charge in [-0.3, -0.25) is 4.79 Å². The Bertz CT molecular complexity index is 760. The first-order chi connectivity index (χ1) is 12.6. The van der Waals surface area contributed by atoms with Gasteiger partial charge in [0, 0.05) is 23.2 Å². The summed E-state index contributed by atoms with van der Waals surface area (Å²) in [5.41, 5.74) is 0.795. The van der Waals surface area contributed by atoms with Crippen molar-refractivity contribution in [1.29, 1.82) is 0 Å². The van der Waals surface area contributed by atoms with Crippen molar-refractivity contribution in [1.82, 2.24) is 19.8 Å². The fraction of sp³-hybridized carbons (Fsp3) is 0.500. The molecule has 1 saturated carbocycles. The molecule has 1 aliphatic rings. The van der Waals surface area contributed by atoms with Crippen LogP contribution in [-0.4, -0.2) is 44.0 Å². The summed E-state index contributed by atoms with van der Waals surface area (Å²) in [6, 6.07) is 7.67. The number of rotatable bonds is 6. The van der Waals surface area contributed by atoms with E-state index in [1.54, 1.807) is 12.1 Å². The van der Waals surface area contributed by atoms with Gasteiger partial charge in [0.1, 0.15) is 0 Å². The number of thioether (sulfide) groups is 1. The Labute approximate surface area is 163 Å². The first-order valence-corrected chi connectivity index (χ1v) is 10.3. The van der Waals surface area contributed by atoms with E-state index in [1.165, 1.54) is 35.7 Å². The van der Waals surface area contributed by atoms with Crippen LogP contribution in [0.4, 0.5) is 0 Å². The number of carbonyl (C=O) groups excluding carboxylic acids is 1. The molecule has 2 aromatic rings. The zero-order valence-electron chi connectivity index (χ0n) is 14.9. The van der Waals surface area contributed by atoms with E-state index in [4.69, 9.17) is 17.4 Å². The molecule has 0 saturated heterocycles. The van der Waals surface area contributed by atoms with Gasteiger partial charge in [-0.15, -0.1) is 10.2 Å². The van der Waals surface area contributed by atoms with Gasteiger partial charge >= 0.3 is 0 Å². The lowest BCUT2D eigenvalue weighted by Crippen LogP contribution is -2.42. The Morgan fingerprint density at radius 1 is 1.35 bits per heavy atom. The van der Waals surface area contributed by atoms with Gasteiger partial charge in [-0.1, -0.05) is 54.8 Å². The SMILES string of the molecule is CCN(C(=O)CSc1nnc(-c2cccc(Cl)c2)n1N)C1CCCCC1. The smallest absolute Gasteiger partial charge is 0.233 e. The molecule has 0 aliphatic heterocycles. The van der Waals surface area contributed by atoms with Crippen LogP contribution in [-0.2, 0) is 4.79 Å². The van der Waals surface area contributed by atoms with E-state index < -0.39 is 0 Å². The van der Waals surface area contributed by atoms with Gasteiger partial charge in [0.15, 0.2) is 5.82 Å². The molecule has 1 amide bonds. The second-order valence-electron chi connectivity index (χ2n) is 6.45. The normalized spacial score (nSPS) is 15.2. The van der Waals surface area contributed by atoms with Crippen molar-refractivity contribution in [2.45, 2.75) is 50.2 Å². The summed E-state index contributed by atoms with van der Waals surface area (Å²) in [4.78, 5) is 14.7. The summed E-state index contributed by atoms with van der Waals surface area (Å²) in [5.74, 6) is 7.11. The number of benzene rings is 1. The predicted molar refractivity (Wildman–Crippen MR) is 106 cm³/mol. The molecule has 0 radical (unpaired) electrons. The van der Waals surface area contributed by atoms with Crippen molar-refractivity contribution in [3.05, 3.63) is 29.3 Å². The van der Waals surface area contributed by atoms with Crippen LogP contribution >= 0.6 is 23.4 Å². The average Bonchev–Trinajstić information content (AvgIpc) is 3.02. The Balaban J connectivity index is 1.65. The van der Waals surface area contributed by atoms with Crippen molar-refractivity contribution in [2.75, 3.05) is 18.1 Å². The second kappa shape index (κ2) is 8.77. The minimum atomic E-state index is 0.136. The summed E-state index contributed by atoms with van der Waals surface area (Å²) < 4.78 is 1.42. The molecule has 0 unspecified atom stereocenters. The second-order valence-corrected chi connectivity index (χ2v) is 7.83. The summed E-state index contributed by atoms with van der Waals surface area (Å²) >= 11 is 7.35. The number of nitrogen functional groups attached to an aromatic ring is 1. The van der Waals surface area contributed by atoms with E-state index in [-0.39, 0.29) is 5.91 Å². The topological polar surface area (TPSA) is 77.0 Å². The van der Waals surface area contributed by atoms with Crippen LogP contribution in [0.3, 0.4) is 0 Å². The van der Waals surface area contributed by atoms with Crippen LogP contribution in [0.15, 0.2) is 29.4 Å². The zero-order valence-corrected chi connectivity index (χ0v) is 16.5. The molecule has 0 bridgehead atoms. The summed E-state index contributed by atoms with van der Waals surface area (Å²) in [7, 11) is 0. The van der Waals surface area contributed by atoms with Crippen molar-refractivity contribution < 1.29 is 4.79 Å². The van der Waals surface area contributed by atoms with Gasteiger partial charge in [0.25, 0.3) is 0 Å². The van der Waals surface area contributed by atoms with Crippen LogP contribution in [0.5, 0.6) is 0 Å². The standard InChI is InChI=1S/C18H24ClN5OS/c1-2-23(15-9-4-3-5-10-15)16(25)12-26-18-22-21-17(24(18)20)13-7-6-8-14(19)11-13/h6-8,11,15H,2-5,9-10,12,20H2,1H3. The van der Waals surface area contributed by atoms with E-state index >= 15 is 0 Å². The molecule has 3 rings (SSSR count). The van der Waals surface area contributed by atoms with Gasteiger partial charge in [-0.25, -0.2) is 4.68 Å². The van der Waals surface area contributed by atoms with Crippen molar-refractivity contribution in [3.63, 3.8) is 0 Å². The highest BCUT2D eigenvalue weighted by Gasteiger charge is 2.24. The number of hydrogen-bond donors (Lipinski definition) is 1. The quantitative estimate of drug-likeness (QED) is 0.599. The van der Waals surface area contributed by atoms with Gasteiger partial charge in [0.2, 0.25) is 11.1 Å². The van der Waals surface area contributed by atoms with E-state index in [2.05, 4.69) is 10.2 Å². The molecule has 6 nitrogen and oxygen atoms in total. The van der Waals surface area contributed by atoms with E-state index in [9.17, 15) is 4.79 Å². The molecule has 140 valence electrons. The molecule has 26 heavy (non-hydrogen) atoms. The molecule has 0 atom stereocenters. The maximum Gasteiger partial charge on any atom is 0.233 e. The van der Waals surface area contributed by atoms with Crippen LogP contribution in [0.1, 0.15) is 39.0 Å². The fourth-order valence-electron chi connectivity index (χ4n) is 3.44. The van der Waals surface area contributed by atoms with E-state index in [0.29, 0.717) is 27.8 Å². The zero-order chi connectivity index (χ0) is 18.5. The van der Waals surface area contributed by atoms with Crippen LogP contribution < -0.4 is 5.84 Å². The Morgan fingerprint density at radius 3 is 2.81 bits per heavy atom. The van der Waals surface area contributed by atoms with Crippen molar-refractivity contribution in [3.8, 4) is 11.4 Å². The maximum absolute atomic E-state index is 12.7. The van der Waals surface area contributed by atoms with Crippen LogP contribution in [0.25, 0.3) is 11.4 Å². The van der Waals surface area contributed by atoms with Crippen molar-refractivity contribution in [2.24, 2.45) is 0 Å². The molecule has 8 heteroatoms. The fourth-order valence-corrected chi connectivity index (χ4v) is 4.37. The molecule has 1 aromatic heterocycles. The van der Waals surface area contributed by atoms with Gasteiger partial charge < -0.3 is 10.7 Å². The minimum Gasteiger partial charge on any atom is -0.339 e. The molecule has 1 aliphatic carbocycles. The molecule has 1 heterocycles. The van der Waals surface area contributed by atoms with Crippen LogP contribution in [0, 0.1) is 0 Å². The average molecular weight is 394 g/mol. The highest BCUT2D eigenvalue weighted by atomic mass is 35.5. The third-order valence-electron chi connectivity index (χ3n) is 4.75. The number of nitrogens with two attached hydrogens (primary N) is 1. The Hall–Kier alpha value is -1.73. The summed E-state index contributed by atoms with van der Waals surface area (Å²) in [5, 5.41) is 9.41. The number of halogens is 1. The Morgan fingerprint density at radius 2 is 2.12 bits per heavy atom. The van der Waals surface area contributed by atoms with Crippen LogP contribution in [0.2, 0.25) is 5.02 Å². The number of hydrogen-bond acceptors (Lipinski definition) is 5. The minimum absolute atomic E-state index is 0.136. The predicted octanol–water partition coefficient (Wildman–Crippen LogP) is 3.59. The lowest BCUT2D eigenvalue weighted by Gasteiger charge is -2.33. The molecule has 1 aromatic carbocycles. The molecule has 1 fully saturated rings. The van der Waals surface area contributed by atoms with E-state index in [1.807, 2.05) is 24.0 Å². The lowest BCUT2D eigenvalue weighted by atomic mass is 9.94. The summed E-state index contributed by atoms with van der Waals surface area (Å²) in [6.07, 6.45) is 5.91. The van der Waals surface area contributed by atoms with Gasteiger partial charge in [-0.2, -0.15) is 0 Å². The Kier molecular flexibility index (Phi) is 6.43. The number of carbonyl (C=O) groups is 1. The molecule has 0 spiro atoms. The molecular formula is C18H24ClN5OS. The first kappa shape index (κ1) is 19.0. The lowest BCUT2D eigenvalue weighted by molar-refractivity contribution is -0.131. The monoisotopic (exact) mass is 393 g/mol. The molecule has 2 N–H and O–H groups in total.